The van der Waals surface area contributed by atoms with Gasteiger partial charge in [0.25, 0.3) is 0 Å². The molecule has 17 heavy (non-hydrogen) atoms. The molecule has 6 nitrogen and oxygen atoms in total. The molecule has 0 spiro atoms. The first kappa shape index (κ1) is 16.2. The molecular formula is C10H19NO5S. The number of rotatable bonds is 5. The highest BCUT2D eigenvalue weighted by Gasteiger charge is 2.19. The first-order valence-corrected chi connectivity index (χ1v) is 5.82. The maximum Gasteiger partial charge on any atom is 0.407 e. The molecule has 1 N–H and O–H groups in total. The second-order valence-corrected chi connectivity index (χ2v) is 3.74. The molecule has 1 aliphatic rings. The Morgan fingerprint density at radius 1 is 1.53 bits per heavy atom. The van der Waals surface area contributed by atoms with Crippen LogP contribution in [0, 0.1) is 0 Å². The lowest BCUT2D eigenvalue weighted by molar-refractivity contribution is 0.0671. The van der Waals surface area contributed by atoms with Gasteiger partial charge in [0.2, 0.25) is 0 Å². The Hall–Kier alpha value is -0.790. The van der Waals surface area contributed by atoms with Gasteiger partial charge >= 0.3 is 6.09 Å². The van der Waals surface area contributed by atoms with E-state index in [1.807, 2.05) is 13.8 Å². The number of ether oxygens (including phenoxy) is 3. The summed E-state index contributed by atoms with van der Waals surface area (Å²) in [7, 11) is 0. The van der Waals surface area contributed by atoms with Gasteiger partial charge in [-0.3, -0.25) is 0 Å². The molecule has 100 valence electrons. The van der Waals surface area contributed by atoms with E-state index in [1.54, 1.807) is 0 Å². The highest BCUT2D eigenvalue weighted by atomic mass is 32.1. The molecule has 0 aromatic rings. The summed E-state index contributed by atoms with van der Waals surface area (Å²) in [5.41, 5.74) is 0. The zero-order chi connectivity index (χ0) is 13.1. The summed E-state index contributed by atoms with van der Waals surface area (Å²) in [5.74, 6) is 0. The van der Waals surface area contributed by atoms with Crippen molar-refractivity contribution in [1.29, 1.82) is 0 Å². The van der Waals surface area contributed by atoms with Gasteiger partial charge in [0.15, 0.2) is 12.5 Å². The number of alkyl carbamates (subject to hydrolysis) is 1. The van der Waals surface area contributed by atoms with Crippen LogP contribution in [0.2, 0.25) is 0 Å². The van der Waals surface area contributed by atoms with Crippen molar-refractivity contribution in [2.75, 3.05) is 26.4 Å². The van der Waals surface area contributed by atoms with E-state index >= 15 is 0 Å². The predicted octanol–water partition coefficient (Wildman–Crippen LogP) is 0.590. The van der Waals surface area contributed by atoms with E-state index < -0.39 is 6.09 Å². The number of amides is 1. The standard InChI is InChI=1S/C10H19NO4.OS/c1-8(2)14-6-4-11-10(12)15-9-3-5-13-7-9;1-2/h8-9H,3-7H2,1-2H3,(H,11,12);/t9-;/m0./s1. The molecule has 0 bridgehead atoms. The summed E-state index contributed by atoms with van der Waals surface area (Å²) in [6.07, 6.45) is 0.496. The molecule has 1 atom stereocenters. The Morgan fingerprint density at radius 3 is 2.76 bits per heavy atom. The number of hydrogen-bond acceptors (Lipinski definition) is 6. The van der Waals surface area contributed by atoms with Crippen molar-refractivity contribution >= 4 is 18.6 Å². The lowest BCUT2D eigenvalue weighted by atomic mass is 10.3. The molecule has 0 saturated carbocycles. The van der Waals surface area contributed by atoms with Gasteiger partial charge in [0.05, 0.1) is 25.9 Å². The van der Waals surface area contributed by atoms with Crippen LogP contribution in [0.25, 0.3) is 0 Å². The summed E-state index contributed by atoms with van der Waals surface area (Å²) < 4.78 is 23.3. The van der Waals surface area contributed by atoms with E-state index in [-0.39, 0.29) is 12.2 Å². The van der Waals surface area contributed by atoms with Crippen LogP contribution in [-0.2, 0) is 26.7 Å². The van der Waals surface area contributed by atoms with E-state index in [1.165, 1.54) is 0 Å². The molecule has 1 rings (SSSR count). The molecule has 7 heteroatoms. The third-order valence-corrected chi connectivity index (χ3v) is 1.98. The van der Waals surface area contributed by atoms with Crippen molar-refractivity contribution in [1.82, 2.24) is 5.32 Å². The number of hydrogen-bond donors (Lipinski definition) is 1. The van der Waals surface area contributed by atoms with Crippen LogP contribution in [0.4, 0.5) is 4.79 Å². The quantitative estimate of drug-likeness (QED) is 0.733. The average molecular weight is 265 g/mol. The van der Waals surface area contributed by atoms with Crippen molar-refractivity contribution in [3.8, 4) is 0 Å². The van der Waals surface area contributed by atoms with E-state index in [0.29, 0.717) is 26.4 Å². The maximum absolute atomic E-state index is 11.2. The first-order valence-electron chi connectivity index (χ1n) is 5.49. The largest absolute Gasteiger partial charge is 0.444 e. The Morgan fingerprint density at radius 2 is 2.24 bits per heavy atom. The second kappa shape index (κ2) is 10.4. The van der Waals surface area contributed by atoms with Crippen LogP contribution < -0.4 is 5.32 Å². The molecule has 1 heterocycles. The number of carbonyl (C=O) groups is 1. The van der Waals surface area contributed by atoms with Crippen molar-refractivity contribution in [3.05, 3.63) is 0 Å². The highest BCUT2D eigenvalue weighted by molar-refractivity contribution is 7.44. The SMILES string of the molecule is CC(C)OCCNC(=O)O[C@H]1CCOC1.O=S. The van der Waals surface area contributed by atoms with Gasteiger partial charge in [-0.1, -0.05) is 0 Å². The topological polar surface area (TPSA) is 73.9 Å². The van der Waals surface area contributed by atoms with Gasteiger partial charge < -0.3 is 19.5 Å². The summed E-state index contributed by atoms with van der Waals surface area (Å²) in [6.45, 7) is 6.07. The minimum Gasteiger partial charge on any atom is -0.444 e. The molecule has 0 aromatic heterocycles. The van der Waals surface area contributed by atoms with Crippen molar-refractivity contribution in [3.63, 3.8) is 0 Å². The Labute approximate surface area is 107 Å². The maximum atomic E-state index is 11.2. The van der Waals surface area contributed by atoms with Crippen molar-refractivity contribution in [2.45, 2.75) is 32.5 Å². The van der Waals surface area contributed by atoms with Gasteiger partial charge in [0.1, 0.15) is 6.10 Å². The van der Waals surface area contributed by atoms with E-state index in [2.05, 4.69) is 17.9 Å². The van der Waals surface area contributed by atoms with Crippen LogP contribution in [-0.4, -0.2) is 48.9 Å². The van der Waals surface area contributed by atoms with Crippen molar-refractivity contribution in [2.24, 2.45) is 0 Å². The van der Waals surface area contributed by atoms with Crippen molar-refractivity contribution < 1.29 is 23.2 Å². The molecule has 0 aromatic carbocycles. The molecule has 1 aliphatic heterocycles. The zero-order valence-corrected chi connectivity index (χ0v) is 11.0. The van der Waals surface area contributed by atoms with E-state index in [0.717, 1.165) is 6.42 Å². The van der Waals surface area contributed by atoms with Gasteiger partial charge in [-0.15, -0.1) is 0 Å². The molecule has 0 radical (unpaired) electrons. The Bertz CT molecular complexity index is 209. The fraction of sp³-hybridized carbons (Fsp3) is 0.900. The average Bonchev–Trinajstić information content (AvgIpc) is 2.80. The van der Waals surface area contributed by atoms with Crippen LogP contribution in [0.15, 0.2) is 0 Å². The minimum absolute atomic E-state index is 0.0870. The van der Waals surface area contributed by atoms with Gasteiger partial charge in [0, 0.05) is 13.0 Å². The lowest BCUT2D eigenvalue weighted by Crippen LogP contribution is -2.32. The molecule has 1 fully saturated rings. The fourth-order valence-corrected chi connectivity index (χ4v) is 1.25. The molecule has 0 unspecified atom stereocenters. The molecule has 1 saturated heterocycles. The summed E-state index contributed by atoms with van der Waals surface area (Å²) in [4.78, 5) is 11.2. The monoisotopic (exact) mass is 265 g/mol. The predicted molar refractivity (Wildman–Crippen MR) is 62.9 cm³/mol. The minimum atomic E-state index is -0.391. The van der Waals surface area contributed by atoms with Gasteiger partial charge in [-0.25, -0.2) is 4.79 Å². The third kappa shape index (κ3) is 8.96. The Kier molecular flexibility index (Phi) is 9.89. The molecule has 0 aliphatic carbocycles. The van der Waals surface area contributed by atoms with Crippen LogP contribution >= 0.6 is 0 Å². The number of nitrogens with one attached hydrogen (secondary N) is 1. The molecular weight excluding hydrogens is 246 g/mol. The Balaban J connectivity index is 0.00000121. The lowest BCUT2D eigenvalue weighted by Gasteiger charge is -2.12. The van der Waals surface area contributed by atoms with Gasteiger partial charge in [-0.05, 0) is 13.8 Å². The van der Waals surface area contributed by atoms with E-state index in [4.69, 9.17) is 18.4 Å². The highest BCUT2D eigenvalue weighted by Crippen LogP contribution is 2.07. The van der Waals surface area contributed by atoms with Crippen LogP contribution in [0.1, 0.15) is 20.3 Å². The molecule has 1 amide bonds. The van der Waals surface area contributed by atoms with Crippen LogP contribution in [0.3, 0.4) is 0 Å². The number of carbonyl (C=O) groups excluding carboxylic acids is 1. The second-order valence-electron chi connectivity index (χ2n) is 3.74. The zero-order valence-electron chi connectivity index (χ0n) is 10.1. The smallest absolute Gasteiger partial charge is 0.407 e. The summed E-state index contributed by atoms with van der Waals surface area (Å²) in [6, 6.07) is 0. The fourth-order valence-electron chi connectivity index (χ4n) is 1.25. The normalized spacial score (nSPS) is 18.4. The summed E-state index contributed by atoms with van der Waals surface area (Å²) in [5, 5.41) is 2.62. The van der Waals surface area contributed by atoms with Crippen LogP contribution in [0.5, 0.6) is 0 Å². The first-order chi connectivity index (χ1) is 8.18. The third-order valence-electron chi connectivity index (χ3n) is 1.98. The van der Waals surface area contributed by atoms with E-state index in [9.17, 15) is 4.79 Å². The summed E-state index contributed by atoms with van der Waals surface area (Å²) >= 11 is 2.83. The van der Waals surface area contributed by atoms with Gasteiger partial charge in [-0.2, -0.15) is 4.21 Å².